The number of benzene rings is 2. The van der Waals surface area contributed by atoms with Crippen molar-refractivity contribution in [3.8, 4) is 11.5 Å². The second-order valence-electron chi connectivity index (χ2n) is 7.04. The van der Waals surface area contributed by atoms with Crippen LogP contribution in [0.1, 0.15) is 5.82 Å². The molecular weight excluding hydrogens is 400 g/mol. The summed E-state index contributed by atoms with van der Waals surface area (Å²) in [5.74, 6) is 1.62. The van der Waals surface area contributed by atoms with E-state index in [1.807, 2.05) is 28.8 Å². The first kappa shape index (κ1) is 20.7. The molecule has 9 nitrogen and oxygen atoms in total. The number of anilines is 1. The molecule has 0 saturated heterocycles. The van der Waals surface area contributed by atoms with E-state index in [-0.39, 0.29) is 25.0 Å². The summed E-state index contributed by atoms with van der Waals surface area (Å²) in [6, 6.07) is 13.0. The molecule has 0 fully saturated rings. The quantitative estimate of drug-likeness (QED) is 0.571. The summed E-state index contributed by atoms with van der Waals surface area (Å²) in [5.41, 5.74) is 2.29. The van der Waals surface area contributed by atoms with Crippen LogP contribution in [0.3, 0.4) is 0 Å². The van der Waals surface area contributed by atoms with Gasteiger partial charge in [-0.05, 0) is 24.3 Å². The lowest BCUT2D eigenvalue weighted by atomic mass is 10.2. The van der Waals surface area contributed by atoms with E-state index < -0.39 is 0 Å². The summed E-state index contributed by atoms with van der Waals surface area (Å²) in [6.45, 7) is 1.50. The maximum absolute atomic E-state index is 12.8. The highest BCUT2D eigenvalue weighted by atomic mass is 16.6. The predicted molar refractivity (Wildman–Crippen MR) is 114 cm³/mol. The Kier molecular flexibility index (Phi) is 6.32. The van der Waals surface area contributed by atoms with Crippen LogP contribution in [0, 0.1) is 0 Å². The minimum Gasteiger partial charge on any atom is -0.486 e. The number of nitrogens with zero attached hydrogens (tertiary/aromatic N) is 2. The third-order valence-electron chi connectivity index (χ3n) is 4.81. The van der Waals surface area contributed by atoms with Crippen molar-refractivity contribution in [3.05, 3.63) is 48.3 Å². The van der Waals surface area contributed by atoms with Crippen molar-refractivity contribution in [2.75, 3.05) is 38.8 Å². The number of carbonyl (C=O) groups excluding carboxylic acids is 2. The molecule has 2 N–H and O–H groups in total. The van der Waals surface area contributed by atoms with Gasteiger partial charge in [0, 0.05) is 31.8 Å². The average molecular weight is 424 g/mol. The van der Waals surface area contributed by atoms with E-state index in [2.05, 4.69) is 15.6 Å². The van der Waals surface area contributed by atoms with Gasteiger partial charge in [0.05, 0.1) is 11.0 Å². The Labute approximate surface area is 179 Å². The molecule has 0 aliphatic carbocycles. The van der Waals surface area contributed by atoms with Crippen LogP contribution in [0.15, 0.2) is 42.5 Å². The van der Waals surface area contributed by atoms with Gasteiger partial charge in [-0.25, -0.2) is 4.98 Å². The van der Waals surface area contributed by atoms with E-state index in [0.29, 0.717) is 43.4 Å². The first-order valence-electron chi connectivity index (χ1n) is 10.0. The fourth-order valence-corrected chi connectivity index (χ4v) is 3.45. The Morgan fingerprint density at radius 2 is 1.90 bits per heavy atom. The lowest BCUT2D eigenvalue weighted by Gasteiger charge is -2.19. The number of aromatic nitrogens is 2. The first-order valence-corrected chi connectivity index (χ1v) is 10.0. The normalized spacial score (nSPS) is 12.5. The Hall–Kier alpha value is -3.59. The number of para-hydroxylation sites is 2. The second kappa shape index (κ2) is 9.48. The highest BCUT2D eigenvalue weighted by Gasteiger charge is 2.16. The molecule has 1 aliphatic rings. The lowest BCUT2D eigenvalue weighted by molar-refractivity contribution is -0.124. The molecule has 0 radical (unpaired) electrons. The Morgan fingerprint density at radius 1 is 1.10 bits per heavy atom. The van der Waals surface area contributed by atoms with Crippen LogP contribution < -0.4 is 20.1 Å². The molecule has 1 aliphatic heterocycles. The molecule has 2 amide bonds. The molecule has 0 saturated carbocycles. The Balaban J connectivity index is 1.47. The topological polar surface area (TPSA) is 104 Å². The number of fused-ring (bicyclic) bond motifs is 2. The van der Waals surface area contributed by atoms with E-state index in [4.69, 9.17) is 14.2 Å². The predicted octanol–water partition coefficient (Wildman–Crippen LogP) is 1.75. The molecule has 4 rings (SSSR count). The number of hydrogen-bond acceptors (Lipinski definition) is 6. The molecule has 0 spiro atoms. The summed E-state index contributed by atoms with van der Waals surface area (Å²) in [7, 11) is 1.47. The van der Waals surface area contributed by atoms with E-state index >= 15 is 0 Å². The number of hydrogen-bond donors (Lipinski definition) is 2. The zero-order valence-corrected chi connectivity index (χ0v) is 17.2. The van der Waals surface area contributed by atoms with Gasteiger partial charge in [0.2, 0.25) is 11.8 Å². The molecule has 0 atom stereocenters. The van der Waals surface area contributed by atoms with Crippen molar-refractivity contribution < 1.29 is 23.8 Å². The number of amides is 2. The summed E-state index contributed by atoms with van der Waals surface area (Å²) in [6.07, 6.45) is 0.488. The fourth-order valence-electron chi connectivity index (χ4n) is 3.45. The van der Waals surface area contributed by atoms with Crippen molar-refractivity contribution in [1.82, 2.24) is 14.9 Å². The molecule has 0 unspecified atom stereocenters. The Morgan fingerprint density at radius 3 is 2.74 bits per heavy atom. The summed E-state index contributed by atoms with van der Waals surface area (Å²) >= 11 is 0. The van der Waals surface area contributed by atoms with Gasteiger partial charge in [-0.2, -0.15) is 0 Å². The van der Waals surface area contributed by atoms with Gasteiger partial charge in [0.15, 0.2) is 11.5 Å². The zero-order valence-electron chi connectivity index (χ0n) is 17.2. The van der Waals surface area contributed by atoms with Gasteiger partial charge in [-0.1, -0.05) is 12.1 Å². The van der Waals surface area contributed by atoms with Crippen molar-refractivity contribution >= 4 is 28.5 Å². The van der Waals surface area contributed by atoms with Crippen molar-refractivity contribution in [2.45, 2.75) is 13.0 Å². The number of carbonyl (C=O) groups is 2. The number of ether oxygens (including phenoxy) is 3. The van der Waals surface area contributed by atoms with Gasteiger partial charge in [-0.15, -0.1) is 0 Å². The molecule has 3 aromatic rings. The van der Waals surface area contributed by atoms with Crippen LogP contribution >= 0.6 is 0 Å². The molecule has 0 bridgehead atoms. The highest BCUT2D eigenvalue weighted by molar-refractivity contribution is 5.92. The summed E-state index contributed by atoms with van der Waals surface area (Å²) in [4.78, 5) is 29.1. The summed E-state index contributed by atoms with van der Waals surface area (Å²) < 4.78 is 17.8. The average Bonchev–Trinajstić information content (AvgIpc) is 3.11. The third kappa shape index (κ3) is 4.95. The fraction of sp³-hybridized carbons (Fsp3) is 0.318. The summed E-state index contributed by atoms with van der Waals surface area (Å²) in [5, 5.41) is 5.69. The first-order chi connectivity index (χ1) is 15.1. The standard InChI is InChI=1S/C22H24N4O5/c1-29-14-22(28)23-9-8-20-25-16-4-2-3-5-17(16)26(20)13-21(27)24-15-6-7-18-19(12-15)31-11-10-30-18/h2-7,12H,8-11,13-14H2,1H3,(H,23,28)(H,24,27). The molecule has 31 heavy (non-hydrogen) atoms. The van der Waals surface area contributed by atoms with Crippen LogP contribution in [-0.4, -0.2) is 54.8 Å². The van der Waals surface area contributed by atoms with E-state index in [9.17, 15) is 9.59 Å². The van der Waals surface area contributed by atoms with E-state index in [1.165, 1.54) is 7.11 Å². The molecular formula is C22H24N4O5. The van der Waals surface area contributed by atoms with Crippen molar-refractivity contribution in [3.63, 3.8) is 0 Å². The number of rotatable bonds is 8. The number of imidazole rings is 1. The van der Waals surface area contributed by atoms with E-state index in [1.54, 1.807) is 18.2 Å². The number of methoxy groups -OCH3 is 1. The van der Waals surface area contributed by atoms with Gasteiger partial charge >= 0.3 is 0 Å². The molecule has 162 valence electrons. The molecule has 9 heteroatoms. The monoisotopic (exact) mass is 424 g/mol. The largest absolute Gasteiger partial charge is 0.486 e. The molecule has 1 aromatic heterocycles. The second-order valence-corrected chi connectivity index (χ2v) is 7.04. The zero-order chi connectivity index (χ0) is 21.6. The van der Waals surface area contributed by atoms with Gasteiger partial charge in [0.25, 0.3) is 0 Å². The van der Waals surface area contributed by atoms with Crippen LogP contribution in [0.5, 0.6) is 11.5 Å². The van der Waals surface area contributed by atoms with Crippen LogP contribution in [0.2, 0.25) is 0 Å². The van der Waals surface area contributed by atoms with Crippen LogP contribution in [-0.2, 0) is 27.3 Å². The maximum atomic E-state index is 12.8. The highest BCUT2D eigenvalue weighted by Crippen LogP contribution is 2.32. The van der Waals surface area contributed by atoms with Gasteiger partial charge in [0.1, 0.15) is 32.2 Å². The third-order valence-corrected chi connectivity index (χ3v) is 4.81. The minimum atomic E-state index is -0.193. The minimum absolute atomic E-state index is 0.00829. The SMILES string of the molecule is COCC(=O)NCCc1nc2ccccc2n1CC(=O)Nc1ccc2c(c1)OCCO2. The van der Waals surface area contributed by atoms with Gasteiger partial charge < -0.3 is 29.4 Å². The van der Waals surface area contributed by atoms with Crippen LogP contribution in [0.25, 0.3) is 11.0 Å². The van der Waals surface area contributed by atoms with Crippen molar-refractivity contribution in [2.24, 2.45) is 0 Å². The van der Waals surface area contributed by atoms with Gasteiger partial charge in [-0.3, -0.25) is 9.59 Å². The smallest absolute Gasteiger partial charge is 0.245 e. The van der Waals surface area contributed by atoms with Crippen LogP contribution in [0.4, 0.5) is 5.69 Å². The van der Waals surface area contributed by atoms with E-state index in [0.717, 1.165) is 16.9 Å². The molecule has 2 aromatic carbocycles. The maximum Gasteiger partial charge on any atom is 0.245 e. The Bertz CT molecular complexity index is 1090. The number of nitrogens with one attached hydrogen (secondary N) is 2. The molecule has 2 heterocycles. The van der Waals surface area contributed by atoms with Crippen molar-refractivity contribution in [1.29, 1.82) is 0 Å². The lowest BCUT2D eigenvalue weighted by Crippen LogP contribution is -2.30.